The topological polar surface area (TPSA) is 161 Å². The van der Waals surface area contributed by atoms with Crippen molar-refractivity contribution in [1.82, 2.24) is 44.0 Å². The summed E-state index contributed by atoms with van der Waals surface area (Å²) < 4.78 is 34.1. The molecule has 2 N–H and O–H groups in total. The monoisotopic (exact) mass is 995 g/mol. The Labute approximate surface area is 423 Å². The Morgan fingerprint density at radius 2 is 1.74 bits per heavy atom. The first kappa shape index (κ1) is 48.6. The molecule has 3 aromatic heterocycles. The Balaban J connectivity index is 0.674. The van der Waals surface area contributed by atoms with E-state index in [1.807, 2.05) is 41.6 Å². The van der Waals surface area contributed by atoms with Gasteiger partial charge in [-0.1, -0.05) is 18.2 Å². The maximum Gasteiger partial charge on any atom is 0.354 e. The van der Waals surface area contributed by atoms with Gasteiger partial charge < -0.3 is 14.8 Å². The highest BCUT2D eigenvalue weighted by atomic mass is 19.1. The van der Waals surface area contributed by atoms with Crippen molar-refractivity contribution < 1.29 is 28.0 Å². The number of pyridine rings is 1. The number of imide groups is 1. The summed E-state index contributed by atoms with van der Waals surface area (Å²) in [6.07, 6.45) is 9.35. The second-order valence-electron chi connectivity index (χ2n) is 21.2. The lowest BCUT2D eigenvalue weighted by molar-refractivity contribution is -0.135. The van der Waals surface area contributed by atoms with E-state index >= 15 is 4.39 Å². The molecule has 18 heteroatoms. The van der Waals surface area contributed by atoms with Crippen molar-refractivity contribution in [1.29, 1.82) is 0 Å². The van der Waals surface area contributed by atoms with Crippen molar-refractivity contribution in [3.63, 3.8) is 0 Å². The average Bonchev–Trinajstić information content (AvgIpc) is 4.07. The number of aryl methyl sites for hydroxylation is 2. The molecule has 73 heavy (non-hydrogen) atoms. The number of nitrogens with one attached hydrogen (secondary N) is 2. The Hall–Kier alpha value is -6.63. The summed E-state index contributed by atoms with van der Waals surface area (Å²) in [5, 5.41) is 5.72. The lowest BCUT2D eigenvalue weighted by Gasteiger charge is -2.42. The Bertz CT molecular complexity index is 3150. The second-order valence-corrected chi connectivity index (χ2v) is 21.2. The Kier molecular flexibility index (Phi) is 12.7. The van der Waals surface area contributed by atoms with E-state index in [1.165, 1.54) is 17.7 Å². The number of aromatic nitrogens is 4. The highest BCUT2D eigenvalue weighted by molar-refractivity contribution is 6.15. The van der Waals surface area contributed by atoms with E-state index in [0.717, 1.165) is 98.2 Å². The fourth-order valence-electron chi connectivity index (χ4n) is 12.5. The molecule has 0 radical (unpaired) electrons. The van der Waals surface area contributed by atoms with Gasteiger partial charge >= 0.3 is 5.69 Å². The third kappa shape index (κ3) is 8.73. The van der Waals surface area contributed by atoms with Crippen LogP contribution in [0.25, 0.3) is 22.3 Å². The zero-order valence-corrected chi connectivity index (χ0v) is 42.2. The molecule has 4 fully saturated rings. The van der Waals surface area contributed by atoms with Crippen LogP contribution >= 0.6 is 0 Å². The van der Waals surface area contributed by atoms with Crippen LogP contribution in [-0.2, 0) is 33.4 Å². The number of rotatable bonds is 11. The van der Waals surface area contributed by atoms with E-state index < -0.39 is 28.9 Å². The van der Waals surface area contributed by atoms with Crippen molar-refractivity contribution in [3.8, 4) is 5.69 Å². The number of amides is 4. The maximum atomic E-state index is 16.2. The average molecular weight is 996 g/mol. The Morgan fingerprint density at radius 1 is 0.945 bits per heavy atom. The summed E-state index contributed by atoms with van der Waals surface area (Å²) in [5.41, 5.74) is 6.53. The summed E-state index contributed by atoms with van der Waals surface area (Å²) in [6.45, 7) is 13.3. The largest absolute Gasteiger partial charge is 0.370 e. The highest BCUT2D eigenvalue weighted by Crippen LogP contribution is 2.58. The number of nitrogens with zero attached hydrogens (tertiary/aromatic N) is 9. The molecule has 3 saturated heterocycles. The molecule has 0 bridgehead atoms. The molecular weight excluding hydrogens is 933 g/mol. The maximum absolute atomic E-state index is 16.2. The normalized spacial score (nSPS) is 22.2. The van der Waals surface area contributed by atoms with Gasteiger partial charge in [-0.05, 0) is 118 Å². The first-order valence-corrected chi connectivity index (χ1v) is 25.8. The lowest BCUT2D eigenvalue weighted by Crippen LogP contribution is -2.54. The molecule has 6 aliphatic rings. The van der Waals surface area contributed by atoms with Gasteiger partial charge in [-0.2, -0.15) is 4.98 Å². The molecule has 5 aromatic rings. The van der Waals surface area contributed by atoms with Gasteiger partial charge in [0.1, 0.15) is 17.5 Å². The predicted molar refractivity (Wildman–Crippen MR) is 273 cm³/mol. The molecule has 1 aliphatic carbocycles. The zero-order chi connectivity index (χ0) is 51.0. The number of hydrogen-bond donors (Lipinski definition) is 2. The van der Waals surface area contributed by atoms with Crippen LogP contribution in [0, 0.1) is 24.5 Å². The number of benzene rings is 2. The van der Waals surface area contributed by atoms with Gasteiger partial charge in [0.15, 0.2) is 11.6 Å². The quantitative estimate of drug-likeness (QED) is 0.153. The number of likely N-dealkylation sites (tertiary alicyclic amines) is 1. The van der Waals surface area contributed by atoms with Crippen LogP contribution in [0.2, 0.25) is 0 Å². The molecule has 1 unspecified atom stereocenters. The van der Waals surface area contributed by atoms with Gasteiger partial charge in [0, 0.05) is 126 Å². The molecule has 1 spiro atoms. The number of carbonyl (C=O) groups excluding carboxylic acids is 4. The SMILES string of the molecule is CNc1nc(=O)n(-c2ccnc3c2cc([C@H](C)N2CC=C(c4c(C)cc(C(=O)N5CCC(CN6CCN(Cc7ccc8c(c7)C7(CC7)C(=O)N8C7CCC(=O)NC7=O)C[C@@H]6C)CC5)cc4F)CC2)n3C)cc1F. The molecule has 5 aliphatic heterocycles. The zero-order valence-electron chi connectivity index (χ0n) is 42.2. The predicted octanol–water partition coefficient (Wildman–Crippen LogP) is 5.84. The van der Waals surface area contributed by atoms with Crippen molar-refractivity contribution in [2.75, 3.05) is 69.6 Å². The van der Waals surface area contributed by atoms with Crippen molar-refractivity contribution in [3.05, 3.63) is 117 Å². The van der Waals surface area contributed by atoms with Crippen LogP contribution in [-0.4, -0.2) is 134 Å². The van der Waals surface area contributed by atoms with E-state index in [-0.39, 0.29) is 41.8 Å². The van der Waals surface area contributed by atoms with Gasteiger partial charge in [0.2, 0.25) is 17.7 Å². The standard InChI is InChI=1S/C55H63F2N11O5/c1-32-24-38(26-41(56)48(32)37-13-20-64(21-14-37)34(3)46-27-39-43(10-17-59-50(39)62(46)5)67-31-42(57)49(58-4)61-54(67)73)52(71)65-18-11-35(12-19-65)30-66-23-22-63(28-33(66)2)29-36-6-7-44-40(25-36)55(15-16-55)53(72)68(44)45-8-9-47(69)60-51(45)70/h6-7,10,13,17,24-27,31,33-35,45H,8-9,11-12,14-16,18-23,28-30H2,1-5H3,(H,58,61,73)(H,60,69,70)/t33-,34-,45?/m0/s1. The van der Waals surface area contributed by atoms with Crippen LogP contribution in [0.3, 0.4) is 0 Å². The van der Waals surface area contributed by atoms with Gasteiger partial charge in [-0.25, -0.2) is 18.6 Å². The van der Waals surface area contributed by atoms with Gasteiger partial charge in [-0.3, -0.25) is 48.7 Å². The van der Waals surface area contributed by atoms with Crippen LogP contribution < -0.4 is 21.2 Å². The first-order chi connectivity index (χ1) is 35.1. The van der Waals surface area contributed by atoms with Crippen molar-refractivity contribution in [2.24, 2.45) is 13.0 Å². The fraction of sp³-hybridized carbons (Fsp3) is 0.473. The lowest BCUT2D eigenvalue weighted by atomic mass is 9.92. The number of anilines is 2. The minimum Gasteiger partial charge on any atom is -0.370 e. The van der Waals surface area contributed by atoms with Gasteiger partial charge in [0.25, 0.3) is 5.91 Å². The van der Waals surface area contributed by atoms with Crippen LogP contribution in [0.1, 0.15) is 103 Å². The molecule has 16 nitrogen and oxygen atoms in total. The Morgan fingerprint density at radius 3 is 2.44 bits per heavy atom. The molecule has 11 rings (SSSR count). The molecule has 3 atom stereocenters. The van der Waals surface area contributed by atoms with E-state index in [4.69, 9.17) is 0 Å². The van der Waals surface area contributed by atoms with E-state index in [2.05, 4.69) is 67.4 Å². The number of hydrogen-bond acceptors (Lipinski definition) is 11. The summed E-state index contributed by atoms with van der Waals surface area (Å²) >= 11 is 0. The second kappa shape index (κ2) is 19.0. The van der Waals surface area contributed by atoms with E-state index in [1.54, 1.807) is 17.2 Å². The van der Waals surface area contributed by atoms with Crippen molar-refractivity contribution >= 4 is 51.7 Å². The number of fused-ring (bicyclic) bond motifs is 3. The van der Waals surface area contributed by atoms with Gasteiger partial charge in [-0.15, -0.1) is 0 Å². The molecule has 2 aromatic carbocycles. The summed E-state index contributed by atoms with van der Waals surface area (Å²) in [4.78, 5) is 84.5. The molecule has 382 valence electrons. The molecule has 8 heterocycles. The summed E-state index contributed by atoms with van der Waals surface area (Å²) in [6, 6.07) is 12.8. The number of halogens is 2. The van der Waals surface area contributed by atoms with E-state index in [0.29, 0.717) is 78.8 Å². The van der Waals surface area contributed by atoms with Crippen molar-refractivity contribution in [2.45, 2.75) is 95.8 Å². The molecule has 4 amide bonds. The smallest absolute Gasteiger partial charge is 0.354 e. The number of piperazine rings is 1. The molecular formula is C55H63F2N11O5. The number of piperidine rings is 2. The minimum absolute atomic E-state index is 0.0119. The molecule has 1 saturated carbocycles. The van der Waals surface area contributed by atoms with Crippen LogP contribution in [0.5, 0.6) is 0 Å². The van der Waals surface area contributed by atoms with Crippen LogP contribution in [0.15, 0.2) is 65.7 Å². The fourth-order valence-corrected chi connectivity index (χ4v) is 12.5. The third-order valence-electron chi connectivity index (χ3n) is 16.8. The number of carbonyl (C=O) groups is 4. The third-order valence-corrected chi connectivity index (χ3v) is 16.8. The first-order valence-electron chi connectivity index (χ1n) is 25.8. The van der Waals surface area contributed by atoms with Crippen LogP contribution in [0.4, 0.5) is 20.3 Å². The summed E-state index contributed by atoms with van der Waals surface area (Å²) in [5.74, 6) is -1.51. The highest BCUT2D eigenvalue weighted by Gasteiger charge is 2.61. The summed E-state index contributed by atoms with van der Waals surface area (Å²) in [7, 11) is 3.43. The van der Waals surface area contributed by atoms with E-state index in [9.17, 15) is 28.4 Å². The van der Waals surface area contributed by atoms with Gasteiger partial charge in [0.05, 0.1) is 17.3 Å². The minimum atomic E-state index is -0.653.